The van der Waals surface area contributed by atoms with E-state index in [1.165, 1.54) is 0 Å². The molecule has 0 aromatic rings. The molecular weight excluding hydrogens is 154 g/mol. The average molecular weight is 171 g/mol. The van der Waals surface area contributed by atoms with Crippen molar-refractivity contribution in [2.24, 2.45) is 0 Å². The molecule has 0 aliphatic carbocycles. The number of hydrogen-bond acceptors (Lipinski definition) is 2. The van der Waals surface area contributed by atoms with E-state index in [2.05, 4.69) is 5.32 Å². The van der Waals surface area contributed by atoms with Gasteiger partial charge in [-0.25, -0.2) is 4.79 Å². The number of nitrogens with one attached hydrogen (secondary N) is 1. The van der Waals surface area contributed by atoms with Crippen molar-refractivity contribution in [3.63, 3.8) is 0 Å². The minimum atomic E-state index is 0.0868. The maximum Gasteiger partial charge on any atom is 0.319 e. The standard InChI is InChI=1S/C8H17N3O/c1-10(2)8(12)11(3)7-4-5-9-6-7/h7,9H,4-6H2,1-3H3/t7-/m1/s1. The quantitative estimate of drug-likeness (QED) is 0.601. The number of amides is 2. The Labute approximate surface area is 73.5 Å². The lowest BCUT2D eigenvalue weighted by Crippen LogP contribution is -2.43. The Hall–Kier alpha value is -0.770. The van der Waals surface area contributed by atoms with Crippen molar-refractivity contribution in [2.45, 2.75) is 12.5 Å². The van der Waals surface area contributed by atoms with E-state index in [9.17, 15) is 4.79 Å². The first-order valence-corrected chi connectivity index (χ1v) is 4.27. The van der Waals surface area contributed by atoms with Crippen LogP contribution >= 0.6 is 0 Å². The Morgan fingerprint density at radius 1 is 1.42 bits per heavy atom. The summed E-state index contributed by atoms with van der Waals surface area (Å²) in [5.74, 6) is 0. The van der Waals surface area contributed by atoms with E-state index in [4.69, 9.17) is 0 Å². The number of urea groups is 1. The Balaban J connectivity index is 2.45. The smallest absolute Gasteiger partial charge is 0.319 e. The van der Waals surface area contributed by atoms with Crippen LogP contribution in [0.15, 0.2) is 0 Å². The molecule has 1 heterocycles. The maximum atomic E-state index is 11.5. The van der Waals surface area contributed by atoms with Gasteiger partial charge < -0.3 is 15.1 Å². The molecule has 1 atom stereocenters. The van der Waals surface area contributed by atoms with Gasteiger partial charge in [0, 0.05) is 33.7 Å². The molecule has 4 heteroatoms. The molecule has 0 radical (unpaired) electrons. The molecule has 12 heavy (non-hydrogen) atoms. The van der Waals surface area contributed by atoms with Crippen LogP contribution in [0, 0.1) is 0 Å². The van der Waals surface area contributed by atoms with Gasteiger partial charge in [0.25, 0.3) is 0 Å². The van der Waals surface area contributed by atoms with Gasteiger partial charge in [0.05, 0.1) is 0 Å². The Morgan fingerprint density at radius 3 is 2.50 bits per heavy atom. The van der Waals surface area contributed by atoms with Gasteiger partial charge >= 0.3 is 6.03 Å². The average Bonchev–Trinajstić information content (AvgIpc) is 2.53. The molecule has 0 saturated carbocycles. The highest BCUT2D eigenvalue weighted by molar-refractivity contribution is 5.73. The zero-order valence-corrected chi connectivity index (χ0v) is 8.00. The number of carbonyl (C=O) groups is 1. The number of likely N-dealkylation sites (N-methyl/N-ethyl adjacent to an activating group) is 1. The van der Waals surface area contributed by atoms with Gasteiger partial charge in [-0.05, 0) is 13.0 Å². The van der Waals surface area contributed by atoms with Gasteiger partial charge in [-0.2, -0.15) is 0 Å². The molecule has 1 aliphatic rings. The van der Waals surface area contributed by atoms with Crippen molar-refractivity contribution < 1.29 is 4.79 Å². The summed E-state index contributed by atoms with van der Waals surface area (Å²) < 4.78 is 0. The van der Waals surface area contributed by atoms with E-state index in [0.717, 1.165) is 19.5 Å². The van der Waals surface area contributed by atoms with Crippen LogP contribution in [0.4, 0.5) is 4.79 Å². The number of rotatable bonds is 1. The summed E-state index contributed by atoms with van der Waals surface area (Å²) in [7, 11) is 5.42. The van der Waals surface area contributed by atoms with Crippen molar-refractivity contribution in [3.05, 3.63) is 0 Å². The van der Waals surface area contributed by atoms with E-state index in [-0.39, 0.29) is 6.03 Å². The summed E-state index contributed by atoms with van der Waals surface area (Å²) >= 11 is 0. The minimum absolute atomic E-state index is 0.0868. The lowest BCUT2D eigenvalue weighted by Gasteiger charge is -2.26. The zero-order valence-electron chi connectivity index (χ0n) is 8.00. The second kappa shape index (κ2) is 3.76. The topological polar surface area (TPSA) is 35.6 Å². The molecule has 0 spiro atoms. The predicted molar refractivity (Wildman–Crippen MR) is 48.1 cm³/mol. The normalized spacial score (nSPS) is 22.4. The van der Waals surface area contributed by atoms with Crippen molar-refractivity contribution in [1.29, 1.82) is 0 Å². The number of carbonyl (C=O) groups excluding carboxylic acids is 1. The highest BCUT2D eigenvalue weighted by Gasteiger charge is 2.23. The van der Waals surface area contributed by atoms with Crippen LogP contribution in [0.2, 0.25) is 0 Å². The largest absolute Gasteiger partial charge is 0.331 e. The third kappa shape index (κ3) is 1.88. The Morgan fingerprint density at radius 2 is 2.08 bits per heavy atom. The summed E-state index contributed by atoms with van der Waals surface area (Å²) in [5, 5.41) is 3.23. The molecule has 0 aromatic heterocycles. The molecule has 1 rings (SSSR count). The molecule has 2 amide bonds. The summed E-state index contributed by atoms with van der Waals surface area (Å²) in [6.45, 7) is 1.95. The first-order chi connectivity index (χ1) is 5.63. The fourth-order valence-corrected chi connectivity index (χ4v) is 1.44. The first kappa shape index (κ1) is 9.32. The Kier molecular flexibility index (Phi) is 2.92. The molecule has 1 N–H and O–H groups in total. The fraction of sp³-hybridized carbons (Fsp3) is 0.875. The second-order valence-electron chi connectivity index (χ2n) is 3.43. The zero-order chi connectivity index (χ0) is 9.14. The highest BCUT2D eigenvalue weighted by atomic mass is 16.2. The van der Waals surface area contributed by atoms with Gasteiger partial charge in [-0.15, -0.1) is 0 Å². The number of nitrogens with zero attached hydrogens (tertiary/aromatic N) is 2. The molecule has 1 fully saturated rings. The SMILES string of the molecule is CN(C)C(=O)N(C)[C@@H]1CCNC1. The van der Waals surface area contributed by atoms with E-state index in [0.29, 0.717) is 6.04 Å². The summed E-state index contributed by atoms with van der Waals surface area (Å²) in [4.78, 5) is 14.9. The van der Waals surface area contributed by atoms with E-state index in [1.807, 2.05) is 7.05 Å². The maximum absolute atomic E-state index is 11.5. The van der Waals surface area contributed by atoms with Crippen LogP contribution < -0.4 is 5.32 Å². The molecule has 4 nitrogen and oxygen atoms in total. The minimum Gasteiger partial charge on any atom is -0.331 e. The lowest BCUT2D eigenvalue weighted by atomic mass is 10.2. The number of hydrogen-bond donors (Lipinski definition) is 1. The molecule has 70 valence electrons. The van der Waals surface area contributed by atoms with E-state index >= 15 is 0 Å². The monoisotopic (exact) mass is 171 g/mol. The van der Waals surface area contributed by atoms with Crippen LogP contribution in [0.3, 0.4) is 0 Å². The van der Waals surface area contributed by atoms with Gasteiger partial charge in [0.2, 0.25) is 0 Å². The molecule has 0 aromatic carbocycles. The van der Waals surface area contributed by atoms with Crippen molar-refractivity contribution in [1.82, 2.24) is 15.1 Å². The van der Waals surface area contributed by atoms with Crippen LogP contribution in [0.25, 0.3) is 0 Å². The van der Waals surface area contributed by atoms with Crippen LogP contribution in [-0.2, 0) is 0 Å². The third-order valence-corrected chi connectivity index (χ3v) is 2.27. The van der Waals surface area contributed by atoms with Gasteiger partial charge in [-0.1, -0.05) is 0 Å². The van der Waals surface area contributed by atoms with E-state index in [1.54, 1.807) is 23.9 Å². The van der Waals surface area contributed by atoms with E-state index < -0.39 is 0 Å². The Bertz CT molecular complexity index is 164. The molecule has 1 saturated heterocycles. The van der Waals surface area contributed by atoms with Gasteiger partial charge in [-0.3, -0.25) is 0 Å². The highest BCUT2D eigenvalue weighted by Crippen LogP contribution is 2.07. The summed E-state index contributed by atoms with van der Waals surface area (Å²) in [6.07, 6.45) is 1.07. The predicted octanol–water partition coefficient (Wildman–Crippen LogP) is -0.0383. The van der Waals surface area contributed by atoms with Gasteiger partial charge in [0.15, 0.2) is 0 Å². The van der Waals surface area contributed by atoms with Crippen LogP contribution in [0.1, 0.15) is 6.42 Å². The summed E-state index contributed by atoms with van der Waals surface area (Å²) in [6, 6.07) is 0.462. The van der Waals surface area contributed by atoms with Gasteiger partial charge in [0.1, 0.15) is 0 Å². The van der Waals surface area contributed by atoms with Crippen LogP contribution in [-0.4, -0.2) is 56.1 Å². The molecule has 0 unspecified atom stereocenters. The third-order valence-electron chi connectivity index (χ3n) is 2.27. The molecule has 1 aliphatic heterocycles. The van der Waals surface area contributed by atoms with Crippen molar-refractivity contribution in [2.75, 3.05) is 34.2 Å². The fourth-order valence-electron chi connectivity index (χ4n) is 1.44. The second-order valence-corrected chi connectivity index (χ2v) is 3.43. The lowest BCUT2D eigenvalue weighted by molar-refractivity contribution is 0.167. The summed E-state index contributed by atoms with van der Waals surface area (Å²) in [5.41, 5.74) is 0. The molecule has 0 bridgehead atoms. The molecular formula is C8H17N3O. The first-order valence-electron chi connectivity index (χ1n) is 4.27. The van der Waals surface area contributed by atoms with Crippen molar-refractivity contribution >= 4 is 6.03 Å². The van der Waals surface area contributed by atoms with Crippen molar-refractivity contribution in [3.8, 4) is 0 Å². The van der Waals surface area contributed by atoms with Crippen LogP contribution in [0.5, 0.6) is 0 Å².